The number of hydrogen-bond donors (Lipinski definition) is 3. The Morgan fingerprint density at radius 3 is 2.13 bits per heavy atom. The molecule has 47 heavy (non-hydrogen) atoms. The maximum absolute atomic E-state index is 13.6. The summed E-state index contributed by atoms with van der Waals surface area (Å²) in [6.45, 7) is 2.03. The highest BCUT2D eigenvalue weighted by atomic mass is 32.2. The van der Waals surface area contributed by atoms with E-state index in [-0.39, 0.29) is 17.5 Å². The van der Waals surface area contributed by atoms with Crippen LogP contribution in [-0.4, -0.2) is 22.7 Å². The lowest BCUT2D eigenvalue weighted by Crippen LogP contribution is -2.30. The minimum absolute atomic E-state index is 0.106. The van der Waals surface area contributed by atoms with Gasteiger partial charge in [0, 0.05) is 16.1 Å². The molecule has 0 radical (unpaired) electrons. The lowest BCUT2D eigenvalue weighted by molar-refractivity contribution is -0.116. The van der Waals surface area contributed by atoms with E-state index in [1.807, 2.05) is 97.9 Å². The van der Waals surface area contributed by atoms with Crippen molar-refractivity contribution in [3.8, 4) is 0 Å². The van der Waals surface area contributed by atoms with Crippen molar-refractivity contribution in [1.82, 2.24) is 10.3 Å². The molecule has 0 bridgehead atoms. The van der Waals surface area contributed by atoms with Crippen LogP contribution in [0, 0.1) is 6.92 Å². The van der Waals surface area contributed by atoms with Crippen molar-refractivity contribution >= 4 is 67.9 Å². The van der Waals surface area contributed by atoms with Gasteiger partial charge in [-0.2, -0.15) is 0 Å². The van der Waals surface area contributed by atoms with Gasteiger partial charge in [-0.15, -0.1) is 11.8 Å². The topological polar surface area (TPSA) is 100 Å². The van der Waals surface area contributed by atoms with E-state index < -0.39 is 11.2 Å². The number of thioether (sulfide) groups is 1. The standard InChI is InChI=1S/C38H30N4O3S2/c1-25-17-22-31-33(23-25)47-38(41-31)42-37(45)34(27-13-7-3-8-14-27)46-30-20-18-29(19-21-30)39-36(44)32(24-26-11-5-2-6-12-26)40-35(43)28-15-9-4-10-16-28/h2-24,34H,1H3,(H,39,44)(H,40,43)(H,41,42,45)/b32-24-. The first kappa shape index (κ1) is 31.5. The molecule has 1 heterocycles. The maximum Gasteiger partial charge on any atom is 0.272 e. The number of fused-ring (bicyclic) bond motifs is 1. The van der Waals surface area contributed by atoms with Crippen LogP contribution in [0.5, 0.6) is 0 Å². The van der Waals surface area contributed by atoms with Crippen LogP contribution < -0.4 is 16.0 Å². The van der Waals surface area contributed by atoms with Crippen LogP contribution >= 0.6 is 23.1 Å². The van der Waals surface area contributed by atoms with Gasteiger partial charge in [0.15, 0.2) is 5.13 Å². The second-order valence-electron chi connectivity index (χ2n) is 10.7. The van der Waals surface area contributed by atoms with Crippen molar-refractivity contribution < 1.29 is 14.4 Å². The molecule has 1 atom stereocenters. The molecule has 5 aromatic carbocycles. The molecule has 1 unspecified atom stereocenters. The van der Waals surface area contributed by atoms with Crippen molar-refractivity contribution in [2.45, 2.75) is 17.1 Å². The van der Waals surface area contributed by atoms with Crippen molar-refractivity contribution in [3.63, 3.8) is 0 Å². The molecule has 1 aromatic heterocycles. The maximum atomic E-state index is 13.6. The lowest BCUT2D eigenvalue weighted by atomic mass is 10.1. The number of nitrogens with zero attached hydrogens (tertiary/aromatic N) is 1. The zero-order valence-electron chi connectivity index (χ0n) is 25.3. The monoisotopic (exact) mass is 654 g/mol. The minimum Gasteiger partial charge on any atom is -0.321 e. The van der Waals surface area contributed by atoms with Gasteiger partial charge in [-0.3, -0.25) is 14.4 Å². The molecule has 0 saturated carbocycles. The zero-order valence-corrected chi connectivity index (χ0v) is 27.0. The van der Waals surface area contributed by atoms with Gasteiger partial charge in [-0.05, 0) is 78.2 Å². The number of rotatable bonds is 10. The average Bonchev–Trinajstić information content (AvgIpc) is 3.50. The summed E-state index contributed by atoms with van der Waals surface area (Å²) in [6.07, 6.45) is 1.63. The molecule has 3 amide bonds. The molecule has 0 saturated heterocycles. The van der Waals surface area contributed by atoms with Gasteiger partial charge in [0.2, 0.25) is 5.91 Å². The van der Waals surface area contributed by atoms with Crippen LogP contribution in [0.2, 0.25) is 0 Å². The van der Waals surface area contributed by atoms with E-state index in [4.69, 9.17) is 0 Å². The van der Waals surface area contributed by atoms with Gasteiger partial charge in [0.25, 0.3) is 11.8 Å². The average molecular weight is 655 g/mol. The highest BCUT2D eigenvalue weighted by Gasteiger charge is 2.23. The third-order valence-corrected chi connectivity index (χ3v) is 9.32. The second kappa shape index (κ2) is 14.7. The third-order valence-electron chi connectivity index (χ3n) is 7.12. The molecule has 6 rings (SSSR count). The number of anilines is 2. The molecule has 6 aromatic rings. The summed E-state index contributed by atoms with van der Waals surface area (Å²) in [5.41, 5.74) is 4.69. The molecule has 0 aliphatic heterocycles. The predicted octanol–water partition coefficient (Wildman–Crippen LogP) is 8.49. The molecule has 9 heteroatoms. The Labute approximate surface area is 280 Å². The van der Waals surface area contributed by atoms with E-state index in [1.165, 1.54) is 23.1 Å². The molecular formula is C38H30N4O3S2. The number of carbonyl (C=O) groups excluding carboxylic acids is 3. The van der Waals surface area contributed by atoms with E-state index in [1.54, 1.807) is 42.5 Å². The summed E-state index contributed by atoms with van der Waals surface area (Å²) < 4.78 is 1.02. The van der Waals surface area contributed by atoms with Crippen LogP contribution in [0.25, 0.3) is 16.3 Å². The van der Waals surface area contributed by atoms with Crippen LogP contribution in [0.3, 0.4) is 0 Å². The highest BCUT2D eigenvalue weighted by Crippen LogP contribution is 2.37. The summed E-state index contributed by atoms with van der Waals surface area (Å²) in [5, 5.41) is 8.67. The third kappa shape index (κ3) is 8.21. The largest absolute Gasteiger partial charge is 0.321 e. The van der Waals surface area contributed by atoms with E-state index in [2.05, 4.69) is 27.0 Å². The summed E-state index contributed by atoms with van der Waals surface area (Å²) in [6, 6.07) is 40.9. The van der Waals surface area contributed by atoms with Crippen molar-refractivity contribution in [3.05, 3.63) is 161 Å². The Morgan fingerprint density at radius 2 is 1.43 bits per heavy atom. The van der Waals surface area contributed by atoms with Crippen LogP contribution in [0.1, 0.15) is 32.3 Å². The first-order valence-corrected chi connectivity index (χ1v) is 16.5. The predicted molar refractivity (Wildman–Crippen MR) is 191 cm³/mol. The van der Waals surface area contributed by atoms with Gasteiger partial charge < -0.3 is 16.0 Å². The Bertz CT molecular complexity index is 2050. The second-order valence-corrected chi connectivity index (χ2v) is 12.9. The quantitative estimate of drug-likeness (QED) is 0.102. The van der Waals surface area contributed by atoms with Crippen molar-refractivity contribution in [1.29, 1.82) is 0 Å². The lowest BCUT2D eigenvalue weighted by Gasteiger charge is -2.16. The first-order chi connectivity index (χ1) is 22.9. The van der Waals surface area contributed by atoms with Gasteiger partial charge in [-0.1, -0.05) is 96.3 Å². The summed E-state index contributed by atoms with van der Waals surface area (Å²) in [5.74, 6) is -1.04. The zero-order chi connectivity index (χ0) is 32.6. The fourth-order valence-corrected chi connectivity index (χ4v) is 6.76. The SMILES string of the molecule is Cc1ccc2nc(NC(=O)C(Sc3ccc(NC(=O)/C(=C/c4ccccc4)NC(=O)c4ccccc4)cc3)c3ccccc3)sc2c1. The number of hydrogen-bond acceptors (Lipinski definition) is 6. The molecule has 7 nitrogen and oxygen atoms in total. The molecule has 0 fully saturated rings. The van der Waals surface area contributed by atoms with Gasteiger partial charge >= 0.3 is 0 Å². The Kier molecular flexibility index (Phi) is 9.86. The smallest absolute Gasteiger partial charge is 0.272 e. The number of benzene rings is 5. The van der Waals surface area contributed by atoms with E-state index in [9.17, 15) is 14.4 Å². The fourth-order valence-electron chi connectivity index (χ4n) is 4.77. The van der Waals surface area contributed by atoms with E-state index in [0.717, 1.165) is 31.8 Å². The molecule has 0 spiro atoms. The summed E-state index contributed by atoms with van der Waals surface area (Å²) in [7, 11) is 0. The molecular weight excluding hydrogens is 625 g/mol. The van der Waals surface area contributed by atoms with Crippen LogP contribution in [0.15, 0.2) is 144 Å². The van der Waals surface area contributed by atoms with Crippen LogP contribution in [-0.2, 0) is 9.59 Å². The number of aryl methyl sites for hydroxylation is 1. The van der Waals surface area contributed by atoms with E-state index >= 15 is 0 Å². The van der Waals surface area contributed by atoms with Crippen LogP contribution in [0.4, 0.5) is 10.8 Å². The van der Waals surface area contributed by atoms with Crippen molar-refractivity contribution in [2.75, 3.05) is 10.6 Å². The Morgan fingerprint density at radius 1 is 0.766 bits per heavy atom. The molecule has 232 valence electrons. The van der Waals surface area contributed by atoms with Crippen molar-refractivity contribution in [2.24, 2.45) is 0 Å². The van der Waals surface area contributed by atoms with E-state index in [0.29, 0.717) is 16.4 Å². The van der Waals surface area contributed by atoms with Gasteiger partial charge in [0.1, 0.15) is 10.9 Å². The molecule has 0 aliphatic carbocycles. The molecule has 0 aliphatic rings. The number of carbonyl (C=O) groups is 3. The molecule has 3 N–H and O–H groups in total. The number of aromatic nitrogens is 1. The van der Waals surface area contributed by atoms with Gasteiger partial charge in [-0.25, -0.2) is 4.98 Å². The summed E-state index contributed by atoms with van der Waals surface area (Å²) in [4.78, 5) is 45.4. The summed E-state index contributed by atoms with van der Waals surface area (Å²) >= 11 is 2.85. The normalized spacial score (nSPS) is 11.9. The fraction of sp³-hybridized carbons (Fsp3) is 0.0526. The number of thiazole rings is 1. The van der Waals surface area contributed by atoms with Gasteiger partial charge in [0.05, 0.1) is 10.2 Å². The Hall–Kier alpha value is -5.51. The minimum atomic E-state index is -0.543. The Balaban J connectivity index is 1.18. The highest BCUT2D eigenvalue weighted by molar-refractivity contribution is 8.00. The first-order valence-electron chi connectivity index (χ1n) is 14.9. The number of amides is 3. The number of nitrogens with one attached hydrogen (secondary N) is 3.